The summed E-state index contributed by atoms with van der Waals surface area (Å²) in [6.45, 7) is 8.59. The summed E-state index contributed by atoms with van der Waals surface area (Å²) in [6, 6.07) is 14.4. The molecular weight excluding hydrogens is 424 g/mol. The van der Waals surface area contributed by atoms with Gasteiger partial charge in [-0.1, -0.05) is 32.0 Å². The molecule has 2 aromatic carbocycles. The molecule has 2 heterocycles. The summed E-state index contributed by atoms with van der Waals surface area (Å²) < 4.78 is 33.2. The van der Waals surface area contributed by atoms with Gasteiger partial charge in [0.25, 0.3) is 0 Å². The smallest absolute Gasteiger partial charge is 0.243 e. The summed E-state index contributed by atoms with van der Waals surface area (Å²) >= 11 is 0. The van der Waals surface area contributed by atoms with Crippen LogP contribution in [0.5, 0.6) is 0 Å². The van der Waals surface area contributed by atoms with E-state index in [-0.39, 0.29) is 28.3 Å². The van der Waals surface area contributed by atoms with E-state index in [9.17, 15) is 13.2 Å². The number of rotatable bonds is 4. The zero-order chi connectivity index (χ0) is 23.3. The molecule has 7 heteroatoms. The van der Waals surface area contributed by atoms with E-state index in [1.165, 1.54) is 22.0 Å². The number of ketones is 1. The van der Waals surface area contributed by atoms with Gasteiger partial charge in [0.1, 0.15) is 0 Å². The lowest BCUT2D eigenvalue weighted by atomic mass is 9.83. The van der Waals surface area contributed by atoms with Crippen LogP contribution in [0.25, 0.3) is 0 Å². The monoisotopic (exact) mass is 454 g/mol. The van der Waals surface area contributed by atoms with Gasteiger partial charge in [0.2, 0.25) is 10.0 Å². The van der Waals surface area contributed by atoms with Crippen molar-refractivity contribution in [3.8, 4) is 0 Å². The van der Waals surface area contributed by atoms with Gasteiger partial charge in [-0.05, 0) is 49.7 Å². The van der Waals surface area contributed by atoms with Crippen LogP contribution in [-0.2, 0) is 20.2 Å². The molecule has 170 valence electrons. The Labute approximate surface area is 190 Å². The number of para-hydroxylation sites is 1. The topological polar surface area (TPSA) is 66.9 Å². The molecule has 0 saturated carbocycles. The van der Waals surface area contributed by atoms with Crippen LogP contribution in [-0.4, -0.2) is 50.9 Å². The number of hydrogen-bond donors (Lipinski definition) is 0. The number of carbonyl (C=O) groups excluding carboxylic acids is 1. The SMILES string of the molecule is CC1CN(S(=O)(=O)c2ccc(C(=O)/C=C3/N(C)c4ccccc4C3(C)C)cc2)CC(C)O1. The standard InChI is InChI=1S/C25H30N2O4S/c1-17-15-27(16-18(2)31-17)32(29,30)20-12-10-19(11-13-20)23(28)14-24-25(3,4)21-8-6-7-9-22(21)26(24)5/h6-14,17-18H,15-16H2,1-5H3/b24-14+. The molecule has 0 aromatic heterocycles. The lowest BCUT2D eigenvalue weighted by molar-refractivity contribution is -0.0440. The second kappa shape index (κ2) is 8.14. The number of sulfonamides is 1. The van der Waals surface area contributed by atoms with Crippen LogP contribution >= 0.6 is 0 Å². The van der Waals surface area contributed by atoms with Gasteiger partial charge in [-0.2, -0.15) is 4.31 Å². The highest BCUT2D eigenvalue weighted by Gasteiger charge is 2.38. The zero-order valence-electron chi connectivity index (χ0n) is 19.2. The maximum absolute atomic E-state index is 13.1. The Hall–Kier alpha value is -2.48. The Morgan fingerprint density at radius 1 is 1.03 bits per heavy atom. The van der Waals surface area contributed by atoms with Crippen molar-refractivity contribution in [2.45, 2.75) is 50.2 Å². The molecule has 2 aliphatic rings. The van der Waals surface area contributed by atoms with E-state index in [0.29, 0.717) is 18.7 Å². The lowest BCUT2D eigenvalue weighted by Crippen LogP contribution is -2.48. The fourth-order valence-electron chi connectivity index (χ4n) is 4.73. The van der Waals surface area contributed by atoms with Crippen LogP contribution in [0.3, 0.4) is 0 Å². The van der Waals surface area contributed by atoms with E-state index >= 15 is 0 Å². The second-order valence-electron chi connectivity index (χ2n) is 9.20. The molecule has 0 aliphatic carbocycles. The van der Waals surface area contributed by atoms with Crippen molar-refractivity contribution in [3.05, 3.63) is 71.4 Å². The molecule has 2 aromatic rings. The molecule has 1 saturated heterocycles. The molecule has 0 N–H and O–H groups in total. The summed E-state index contributed by atoms with van der Waals surface area (Å²) in [6.07, 6.45) is 1.35. The number of morpholine rings is 1. The Bertz CT molecular complexity index is 1160. The zero-order valence-corrected chi connectivity index (χ0v) is 20.0. The van der Waals surface area contributed by atoms with Gasteiger partial charge in [-0.3, -0.25) is 4.79 Å². The Morgan fingerprint density at radius 2 is 1.62 bits per heavy atom. The van der Waals surface area contributed by atoms with Crippen LogP contribution < -0.4 is 4.90 Å². The molecule has 1 fully saturated rings. The molecule has 0 spiro atoms. The number of hydrogen-bond acceptors (Lipinski definition) is 5. The normalized spacial score (nSPS) is 24.5. The predicted octanol–water partition coefficient (Wildman–Crippen LogP) is 3.98. The van der Waals surface area contributed by atoms with Gasteiger partial charge in [-0.15, -0.1) is 0 Å². The van der Waals surface area contributed by atoms with Crippen LogP contribution in [0.15, 0.2) is 65.2 Å². The van der Waals surface area contributed by atoms with Crippen molar-refractivity contribution in [3.63, 3.8) is 0 Å². The number of likely N-dealkylation sites (N-methyl/N-ethyl adjacent to an activating group) is 1. The van der Waals surface area contributed by atoms with Gasteiger partial charge in [0.15, 0.2) is 5.78 Å². The molecule has 2 unspecified atom stereocenters. The number of benzene rings is 2. The average Bonchev–Trinajstić information content (AvgIpc) is 2.94. The van der Waals surface area contributed by atoms with Gasteiger partial charge < -0.3 is 9.64 Å². The Morgan fingerprint density at radius 3 is 2.22 bits per heavy atom. The van der Waals surface area contributed by atoms with Crippen molar-refractivity contribution in [2.75, 3.05) is 25.0 Å². The van der Waals surface area contributed by atoms with Crippen molar-refractivity contribution < 1.29 is 17.9 Å². The molecule has 4 rings (SSSR count). The highest BCUT2D eigenvalue weighted by Crippen LogP contribution is 2.46. The first kappa shape index (κ1) is 22.7. The van der Waals surface area contributed by atoms with E-state index in [1.54, 1.807) is 18.2 Å². The number of allylic oxidation sites excluding steroid dienone is 2. The number of anilines is 1. The van der Waals surface area contributed by atoms with E-state index in [1.807, 2.05) is 37.9 Å². The molecule has 0 bridgehead atoms. The highest BCUT2D eigenvalue weighted by molar-refractivity contribution is 7.89. The maximum Gasteiger partial charge on any atom is 0.243 e. The molecule has 0 radical (unpaired) electrons. The first-order valence-electron chi connectivity index (χ1n) is 10.9. The van der Waals surface area contributed by atoms with Crippen molar-refractivity contribution in [1.82, 2.24) is 4.31 Å². The number of fused-ring (bicyclic) bond motifs is 1. The van der Waals surface area contributed by atoms with Crippen LogP contribution in [0.1, 0.15) is 43.6 Å². The predicted molar refractivity (Wildman–Crippen MR) is 125 cm³/mol. The molecule has 0 amide bonds. The van der Waals surface area contributed by atoms with E-state index in [2.05, 4.69) is 26.0 Å². The molecular formula is C25H30N2O4S. The van der Waals surface area contributed by atoms with Gasteiger partial charge >= 0.3 is 0 Å². The van der Waals surface area contributed by atoms with Crippen LogP contribution in [0.4, 0.5) is 5.69 Å². The van der Waals surface area contributed by atoms with Gasteiger partial charge in [0, 0.05) is 48.6 Å². The number of carbonyl (C=O) groups is 1. The third-order valence-corrected chi connectivity index (χ3v) is 8.22. The second-order valence-corrected chi connectivity index (χ2v) is 11.1. The summed E-state index contributed by atoms with van der Waals surface area (Å²) in [5.41, 5.74) is 3.34. The summed E-state index contributed by atoms with van der Waals surface area (Å²) in [5, 5.41) is 0. The Kier molecular flexibility index (Phi) is 5.77. The first-order valence-corrected chi connectivity index (χ1v) is 12.3. The first-order chi connectivity index (χ1) is 15.0. The fraction of sp³-hybridized carbons (Fsp3) is 0.400. The molecule has 32 heavy (non-hydrogen) atoms. The lowest BCUT2D eigenvalue weighted by Gasteiger charge is -2.34. The largest absolute Gasteiger partial charge is 0.373 e. The summed E-state index contributed by atoms with van der Waals surface area (Å²) in [5.74, 6) is -0.148. The van der Waals surface area contributed by atoms with Gasteiger partial charge in [0.05, 0.1) is 17.1 Å². The van der Waals surface area contributed by atoms with E-state index in [0.717, 1.165) is 11.4 Å². The quantitative estimate of drug-likeness (QED) is 0.516. The van der Waals surface area contributed by atoms with Crippen LogP contribution in [0.2, 0.25) is 0 Å². The van der Waals surface area contributed by atoms with Crippen molar-refractivity contribution in [1.29, 1.82) is 0 Å². The fourth-order valence-corrected chi connectivity index (χ4v) is 6.32. The van der Waals surface area contributed by atoms with Crippen molar-refractivity contribution in [2.24, 2.45) is 0 Å². The van der Waals surface area contributed by atoms with Crippen molar-refractivity contribution >= 4 is 21.5 Å². The maximum atomic E-state index is 13.1. The third kappa shape index (κ3) is 3.89. The molecule has 2 atom stereocenters. The molecule has 6 nitrogen and oxygen atoms in total. The highest BCUT2D eigenvalue weighted by atomic mass is 32.2. The number of ether oxygens (including phenoxy) is 1. The Balaban J connectivity index is 1.58. The average molecular weight is 455 g/mol. The summed E-state index contributed by atoms with van der Waals surface area (Å²) in [4.78, 5) is 15.3. The van der Waals surface area contributed by atoms with Crippen LogP contribution in [0, 0.1) is 0 Å². The minimum absolute atomic E-state index is 0.148. The minimum Gasteiger partial charge on any atom is -0.373 e. The summed E-state index contributed by atoms with van der Waals surface area (Å²) in [7, 11) is -1.67. The third-order valence-electron chi connectivity index (χ3n) is 6.37. The van der Waals surface area contributed by atoms with E-state index < -0.39 is 10.0 Å². The molecule has 2 aliphatic heterocycles. The minimum atomic E-state index is -3.64. The number of nitrogens with zero attached hydrogens (tertiary/aromatic N) is 2. The van der Waals surface area contributed by atoms with Gasteiger partial charge in [-0.25, -0.2) is 8.42 Å². The van der Waals surface area contributed by atoms with E-state index in [4.69, 9.17) is 4.74 Å².